The zero-order valence-corrected chi connectivity index (χ0v) is 12.1. The van der Waals surface area contributed by atoms with Crippen molar-refractivity contribution in [1.82, 2.24) is 14.9 Å². The van der Waals surface area contributed by atoms with Crippen LogP contribution in [0.25, 0.3) is 0 Å². The van der Waals surface area contributed by atoms with Gasteiger partial charge in [0.15, 0.2) is 0 Å². The molecule has 0 amide bonds. The zero-order chi connectivity index (χ0) is 12.8. The molecule has 2 atom stereocenters. The number of nitrogens with zero attached hydrogens (tertiary/aromatic N) is 2. The van der Waals surface area contributed by atoms with Crippen LogP contribution in [-0.4, -0.2) is 28.3 Å². The summed E-state index contributed by atoms with van der Waals surface area (Å²) in [6, 6.07) is 0.561. The monoisotopic (exact) mass is 269 g/mol. The van der Waals surface area contributed by atoms with E-state index in [-0.39, 0.29) is 0 Å². The zero-order valence-electron chi connectivity index (χ0n) is 11.3. The lowest BCUT2D eigenvalue weighted by Gasteiger charge is -2.34. The number of hydrogen-bond acceptors (Lipinski definition) is 5. The molecule has 0 unspecified atom stereocenters. The smallest absolute Gasteiger partial charge is 0.0893 e. The number of rotatable bonds is 6. The van der Waals surface area contributed by atoms with Gasteiger partial charge in [-0.2, -0.15) is 0 Å². The molecule has 1 aliphatic heterocycles. The van der Waals surface area contributed by atoms with Gasteiger partial charge in [-0.3, -0.25) is 0 Å². The third kappa shape index (κ3) is 3.73. The fourth-order valence-electron chi connectivity index (χ4n) is 2.67. The lowest BCUT2D eigenvalue weighted by molar-refractivity contribution is -0.0350. The van der Waals surface area contributed by atoms with Crippen LogP contribution in [0, 0.1) is 5.92 Å². The molecule has 4 nitrogen and oxygen atoms in total. The van der Waals surface area contributed by atoms with Crippen molar-refractivity contribution < 1.29 is 4.74 Å². The van der Waals surface area contributed by atoms with Gasteiger partial charge in [0.2, 0.25) is 0 Å². The highest BCUT2D eigenvalue weighted by Gasteiger charge is 2.27. The molecular weight excluding hydrogens is 246 g/mol. The Kier molecular flexibility index (Phi) is 5.53. The van der Waals surface area contributed by atoms with Crippen molar-refractivity contribution in [3.8, 4) is 0 Å². The van der Waals surface area contributed by atoms with E-state index in [0.29, 0.717) is 18.1 Å². The molecular formula is C13H23N3OS. The minimum Gasteiger partial charge on any atom is -0.378 e. The van der Waals surface area contributed by atoms with E-state index in [9.17, 15) is 0 Å². The molecule has 2 heterocycles. The van der Waals surface area contributed by atoms with Crippen molar-refractivity contribution in [3.63, 3.8) is 0 Å². The highest BCUT2D eigenvalue weighted by atomic mass is 32.1. The number of ether oxygens (including phenoxy) is 1. The molecule has 5 heteroatoms. The minimum atomic E-state index is 0.430. The van der Waals surface area contributed by atoms with E-state index in [1.54, 1.807) is 0 Å². The minimum absolute atomic E-state index is 0.430. The topological polar surface area (TPSA) is 47.0 Å². The maximum atomic E-state index is 5.92. The number of aromatic nitrogens is 2. The van der Waals surface area contributed by atoms with Crippen molar-refractivity contribution in [2.45, 2.75) is 58.2 Å². The first-order valence-electron chi connectivity index (χ1n) is 6.94. The molecule has 1 aromatic rings. The molecule has 0 aromatic carbocycles. The summed E-state index contributed by atoms with van der Waals surface area (Å²) in [6.45, 7) is 6.23. The molecule has 1 fully saturated rings. The predicted octanol–water partition coefficient (Wildman–Crippen LogP) is 2.61. The van der Waals surface area contributed by atoms with Gasteiger partial charge in [0.25, 0.3) is 0 Å². The Hall–Kier alpha value is -0.520. The van der Waals surface area contributed by atoms with Crippen LogP contribution in [0.4, 0.5) is 0 Å². The lowest BCUT2D eigenvalue weighted by atomic mass is 9.89. The maximum absolute atomic E-state index is 5.92. The van der Waals surface area contributed by atoms with E-state index < -0.39 is 0 Å². The number of nitrogens with one attached hydrogen (secondary N) is 1. The summed E-state index contributed by atoms with van der Waals surface area (Å²) in [4.78, 5) is 0. The van der Waals surface area contributed by atoms with E-state index in [2.05, 4.69) is 28.8 Å². The van der Waals surface area contributed by atoms with E-state index >= 15 is 0 Å². The average Bonchev–Trinajstić information content (AvgIpc) is 2.92. The van der Waals surface area contributed by atoms with Crippen LogP contribution in [0.1, 0.15) is 45.2 Å². The van der Waals surface area contributed by atoms with E-state index in [1.165, 1.54) is 24.4 Å². The summed E-state index contributed by atoms with van der Waals surface area (Å²) in [5.41, 5.74) is 1.05. The first-order chi connectivity index (χ1) is 8.83. The van der Waals surface area contributed by atoms with Crippen LogP contribution in [0.2, 0.25) is 0 Å². The molecule has 0 aliphatic carbocycles. The standard InChI is InChI=1S/C13H23N3OS/c1-3-10(4-2)13-7-11(5-6-17-13)14-8-12-9-18-16-15-12/h9-11,13-14H,3-8H2,1-2H3/t11-,13-/m1/s1. The Labute approximate surface area is 113 Å². The molecule has 1 N–H and O–H groups in total. The molecule has 0 saturated carbocycles. The molecule has 0 spiro atoms. The third-order valence-corrected chi connectivity index (χ3v) is 4.42. The second-order valence-electron chi connectivity index (χ2n) is 4.98. The molecule has 102 valence electrons. The van der Waals surface area contributed by atoms with Gasteiger partial charge in [-0.05, 0) is 30.3 Å². The Morgan fingerprint density at radius 1 is 1.50 bits per heavy atom. The quantitative estimate of drug-likeness (QED) is 0.862. The highest BCUT2D eigenvalue weighted by Crippen LogP contribution is 2.25. The Morgan fingerprint density at radius 2 is 2.33 bits per heavy atom. The SMILES string of the molecule is CCC(CC)[C@H]1C[C@H](NCc2csnn2)CCO1. The largest absolute Gasteiger partial charge is 0.378 e. The summed E-state index contributed by atoms with van der Waals surface area (Å²) in [5, 5.41) is 9.65. The first-order valence-corrected chi connectivity index (χ1v) is 7.78. The van der Waals surface area contributed by atoms with Gasteiger partial charge < -0.3 is 10.1 Å². The van der Waals surface area contributed by atoms with Crippen LogP contribution in [0.5, 0.6) is 0 Å². The molecule has 1 aromatic heterocycles. The van der Waals surface area contributed by atoms with Crippen molar-refractivity contribution >= 4 is 11.5 Å². The fraction of sp³-hybridized carbons (Fsp3) is 0.846. The highest BCUT2D eigenvalue weighted by molar-refractivity contribution is 7.03. The summed E-state index contributed by atoms with van der Waals surface area (Å²) in [5.74, 6) is 0.704. The van der Waals surface area contributed by atoms with Crippen LogP contribution < -0.4 is 5.32 Å². The van der Waals surface area contributed by atoms with Crippen molar-refractivity contribution in [2.24, 2.45) is 5.92 Å². The summed E-state index contributed by atoms with van der Waals surface area (Å²) in [6.07, 6.45) is 5.09. The summed E-state index contributed by atoms with van der Waals surface area (Å²) < 4.78 is 9.81. The van der Waals surface area contributed by atoms with Gasteiger partial charge in [-0.15, -0.1) is 5.10 Å². The predicted molar refractivity (Wildman–Crippen MR) is 73.6 cm³/mol. The normalized spacial score (nSPS) is 24.6. The van der Waals surface area contributed by atoms with Gasteiger partial charge in [-0.25, -0.2) is 0 Å². The maximum Gasteiger partial charge on any atom is 0.0893 e. The first kappa shape index (κ1) is 13.9. The number of hydrogen-bond donors (Lipinski definition) is 1. The fourth-order valence-corrected chi connectivity index (χ4v) is 3.12. The molecule has 0 radical (unpaired) electrons. The van der Waals surface area contributed by atoms with Gasteiger partial charge in [0.05, 0.1) is 11.8 Å². The molecule has 1 saturated heterocycles. The molecule has 2 rings (SSSR count). The van der Waals surface area contributed by atoms with Gasteiger partial charge in [-0.1, -0.05) is 31.2 Å². The van der Waals surface area contributed by atoms with Crippen molar-refractivity contribution in [2.75, 3.05) is 6.61 Å². The summed E-state index contributed by atoms with van der Waals surface area (Å²) in [7, 11) is 0. The Bertz CT molecular complexity index is 327. The molecule has 18 heavy (non-hydrogen) atoms. The third-order valence-electron chi connectivity index (χ3n) is 3.87. The Balaban J connectivity index is 1.79. The van der Waals surface area contributed by atoms with E-state index in [4.69, 9.17) is 4.74 Å². The lowest BCUT2D eigenvalue weighted by Crippen LogP contribution is -2.41. The van der Waals surface area contributed by atoms with E-state index in [1.807, 2.05) is 5.38 Å². The van der Waals surface area contributed by atoms with Crippen LogP contribution in [0.3, 0.4) is 0 Å². The average molecular weight is 269 g/mol. The molecule has 0 bridgehead atoms. The van der Waals surface area contributed by atoms with Crippen LogP contribution in [-0.2, 0) is 11.3 Å². The second-order valence-corrected chi connectivity index (χ2v) is 5.59. The molecule has 1 aliphatic rings. The van der Waals surface area contributed by atoms with Crippen molar-refractivity contribution in [3.05, 3.63) is 11.1 Å². The van der Waals surface area contributed by atoms with Gasteiger partial charge >= 0.3 is 0 Å². The van der Waals surface area contributed by atoms with Crippen LogP contribution >= 0.6 is 11.5 Å². The van der Waals surface area contributed by atoms with Crippen LogP contribution in [0.15, 0.2) is 5.38 Å². The van der Waals surface area contributed by atoms with Gasteiger partial charge in [0, 0.05) is 24.6 Å². The van der Waals surface area contributed by atoms with E-state index in [0.717, 1.165) is 31.7 Å². The van der Waals surface area contributed by atoms with Crippen molar-refractivity contribution in [1.29, 1.82) is 0 Å². The summed E-state index contributed by atoms with van der Waals surface area (Å²) >= 11 is 1.41. The Morgan fingerprint density at radius 3 is 3.00 bits per heavy atom. The van der Waals surface area contributed by atoms with Gasteiger partial charge in [0.1, 0.15) is 0 Å². The second kappa shape index (κ2) is 7.16.